The molecule has 0 spiro atoms. The molecule has 3 aromatic heterocycles. The molecule has 1 aliphatic rings. The van der Waals surface area contributed by atoms with Crippen molar-refractivity contribution in [2.75, 3.05) is 13.1 Å². The van der Waals surface area contributed by atoms with Gasteiger partial charge in [0.25, 0.3) is 0 Å². The van der Waals surface area contributed by atoms with E-state index in [2.05, 4.69) is 51.3 Å². The summed E-state index contributed by atoms with van der Waals surface area (Å²) in [6, 6.07) is 11.2. The van der Waals surface area contributed by atoms with Crippen LogP contribution in [-0.4, -0.2) is 43.9 Å². The summed E-state index contributed by atoms with van der Waals surface area (Å²) in [6.45, 7) is 5.82. The molecule has 0 bridgehead atoms. The minimum Gasteiger partial charge on any atom is -0.300 e. The fraction of sp³-hybridized carbons (Fsp3) is 0.348. The van der Waals surface area contributed by atoms with Gasteiger partial charge in [0.05, 0.1) is 22.1 Å². The molecule has 6 nitrogen and oxygen atoms in total. The number of hydrogen-bond donors (Lipinski definition) is 0. The van der Waals surface area contributed by atoms with Gasteiger partial charge in [0.15, 0.2) is 5.01 Å². The van der Waals surface area contributed by atoms with Crippen LogP contribution in [0.3, 0.4) is 0 Å². The van der Waals surface area contributed by atoms with Gasteiger partial charge in [0, 0.05) is 31.2 Å². The highest BCUT2D eigenvalue weighted by atomic mass is 32.1. The molecule has 0 radical (unpaired) electrons. The van der Waals surface area contributed by atoms with Crippen molar-refractivity contribution in [1.29, 1.82) is 0 Å². The minimum atomic E-state index is 0.0979. The summed E-state index contributed by atoms with van der Waals surface area (Å²) >= 11 is 3.14. The Morgan fingerprint density at radius 3 is 2.90 bits per heavy atom. The quantitative estimate of drug-likeness (QED) is 0.447. The largest absolute Gasteiger partial charge is 0.300 e. The molecule has 0 amide bonds. The lowest BCUT2D eigenvalue weighted by Gasteiger charge is -2.27. The third-order valence-electron chi connectivity index (χ3n) is 5.84. The first kappa shape index (κ1) is 20.4. The zero-order chi connectivity index (χ0) is 21.4. The number of thiazole rings is 1. The Bertz CT molecular complexity index is 1250. The average molecular weight is 450 g/mol. The summed E-state index contributed by atoms with van der Waals surface area (Å²) in [5.74, 6) is 0.0979. The second-order valence-corrected chi connectivity index (χ2v) is 9.92. The highest BCUT2D eigenvalue weighted by molar-refractivity contribution is 7.16. The molecule has 4 aromatic rings. The zero-order valence-corrected chi connectivity index (χ0v) is 19.2. The number of Topliss-reactive ketones (excluding diaryl/α,β-unsaturated/α-hetero) is 1. The van der Waals surface area contributed by atoms with Crippen LogP contribution >= 0.6 is 22.7 Å². The zero-order valence-electron chi connectivity index (χ0n) is 17.5. The lowest BCUT2D eigenvalue weighted by atomic mass is 10.1. The summed E-state index contributed by atoms with van der Waals surface area (Å²) in [5.41, 5.74) is 7.60. The van der Waals surface area contributed by atoms with E-state index in [9.17, 15) is 4.79 Å². The van der Waals surface area contributed by atoms with Crippen LogP contribution in [-0.2, 0) is 24.1 Å². The predicted molar refractivity (Wildman–Crippen MR) is 125 cm³/mol. The van der Waals surface area contributed by atoms with Crippen LogP contribution in [0.2, 0.25) is 0 Å². The second kappa shape index (κ2) is 8.53. The van der Waals surface area contributed by atoms with Crippen molar-refractivity contribution in [2.24, 2.45) is 0 Å². The van der Waals surface area contributed by atoms with E-state index in [1.54, 1.807) is 18.3 Å². The lowest BCUT2D eigenvalue weighted by Crippen LogP contribution is -2.29. The molecule has 1 aliphatic heterocycles. The van der Waals surface area contributed by atoms with E-state index in [1.807, 2.05) is 11.6 Å². The van der Waals surface area contributed by atoms with E-state index in [0.717, 1.165) is 52.9 Å². The van der Waals surface area contributed by atoms with Gasteiger partial charge >= 0.3 is 0 Å². The maximum atomic E-state index is 11.3. The van der Waals surface area contributed by atoms with Crippen LogP contribution in [0.15, 0.2) is 35.8 Å². The number of benzene rings is 1. The first-order chi connectivity index (χ1) is 15.1. The van der Waals surface area contributed by atoms with Gasteiger partial charge in [-0.2, -0.15) is 0 Å². The number of carbonyl (C=O) groups excluding carboxylic acids is 1. The van der Waals surface area contributed by atoms with Crippen molar-refractivity contribution in [3.05, 3.63) is 57.7 Å². The van der Waals surface area contributed by atoms with E-state index < -0.39 is 0 Å². The molecular weight excluding hydrogens is 426 g/mol. The predicted octanol–water partition coefficient (Wildman–Crippen LogP) is 4.50. The van der Waals surface area contributed by atoms with E-state index in [0.29, 0.717) is 12.5 Å². The SMILES string of the molecule is CC(=O)Cc1nnc(-c2ccc3c(n2)CCN(C(C)c2ccc4scnc4c2)CC3)s1. The number of pyridine rings is 1. The smallest absolute Gasteiger partial charge is 0.166 e. The Labute approximate surface area is 189 Å². The van der Waals surface area contributed by atoms with E-state index in [-0.39, 0.29) is 5.78 Å². The summed E-state index contributed by atoms with van der Waals surface area (Å²) in [5, 5.41) is 9.93. The number of aromatic nitrogens is 4. The molecule has 158 valence electrons. The molecule has 0 saturated heterocycles. The molecule has 1 aromatic carbocycles. The van der Waals surface area contributed by atoms with Crippen LogP contribution in [0.25, 0.3) is 20.9 Å². The van der Waals surface area contributed by atoms with E-state index in [1.165, 1.54) is 27.2 Å². The van der Waals surface area contributed by atoms with Gasteiger partial charge < -0.3 is 0 Å². The fourth-order valence-corrected chi connectivity index (χ4v) is 5.63. The highest BCUT2D eigenvalue weighted by Gasteiger charge is 2.22. The van der Waals surface area contributed by atoms with Gasteiger partial charge in [0.2, 0.25) is 0 Å². The summed E-state index contributed by atoms with van der Waals surface area (Å²) < 4.78 is 1.24. The van der Waals surface area contributed by atoms with Crippen LogP contribution in [0, 0.1) is 0 Å². The van der Waals surface area contributed by atoms with Crippen molar-refractivity contribution in [3.63, 3.8) is 0 Å². The van der Waals surface area contributed by atoms with Crippen molar-refractivity contribution in [1.82, 2.24) is 25.1 Å². The van der Waals surface area contributed by atoms with Crippen LogP contribution in [0.5, 0.6) is 0 Å². The molecule has 1 atom stereocenters. The molecule has 4 heterocycles. The number of hydrogen-bond acceptors (Lipinski definition) is 8. The van der Waals surface area contributed by atoms with E-state index in [4.69, 9.17) is 4.98 Å². The molecule has 8 heteroatoms. The van der Waals surface area contributed by atoms with Gasteiger partial charge in [-0.15, -0.1) is 21.5 Å². The van der Waals surface area contributed by atoms with Crippen molar-refractivity contribution >= 4 is 38.7 Å². The molecule has 0 saturated carbocycles. The standard InChI is InChI=1S/C23H23N5OS2/c1-14(29)11-22-26-27-23(31-22)19-5-3-16-7-9-28(10-8-18(16)25-19)15(2)17-4-6-21-20(12-17)24-13-30-21/h3-6,12-13,15H,7-11H2,1-2H3. The van der Waals surface area contributed by atoms with Crippen LogP contribution in [0.4, 0.5) is 0 Å². The highest BCUT2D eigenvalue weighted by Crippen LogP contribution is 2.29. The first-order valence-electron chi connectivity index (χ1n) is 10.4. The Hall–Kier alpha value is -2.55. The number of rotatable bonds is 5. The molecular formula is C23H23N5OS2. The van der Waals surface area contributed by atoms with Gasteiger partial charge in [-0.1, -0.05) is 23.5 Å². The maximum Gasteiger partial charge on any atom is 0.166 e. The molecule has 0 aliphatic carbocycles. The maximum absolute atomic E-state index is 11.3. The molecule has 5 rings (SSSR count). The Morgan fingerprint density at radius 1 is 1.16 bits per heavy atom. The molecule has 1 unspecified atom stereocenters. The van der Waals surface area contributed by atoms with Gasteiger partial charge in [0.1, 0.15) is 16.5 Å². The minimum absolute atomic E-state index is 0.0979. The normalized spacial score (nSPS) is 15.5. The average Bonchev–Trinajstić information content (AvgIpc) is 3.37. The van der Waals surface area contributed by atoms with Gasteiger partial charge in [-0.25, -0.2) is 9.97 Å². The lowest BCUT2D eigenvalue weighted by molar-refractivity contribution is -0.116. The Morgan fingerprint density at radius 2 is 2.03 bits per heavy atom. The van der Waals surface area contributed by atoms with E-state index >= 15 is 0 Å². The molecule has 31 heavy (non-hydrogen) atoms. The molecule has 0 fully saturated rings. The van der Waals surface area contributed by atoms with Crippen LogP contribution in [0.1, 0.15) is 41.7 Å². The Kier molecular flexibility index (Phi) is 5.60. The second-order valence-electron chi connectivity index (χ2n) is 7.97. The first-order valence-corrected chi connectivity index (χ1v) is 12.1. The fourth-order valence-electron chi connectivity index (χ4n) is 4.09. The van der Waals surface area contributed by atoms with Gasteiger partial charge in [-0.05, 0) is 49.6 Å². The van der Waals surface area contributed by atoms with Crippen molar-refractivity contribution in [2.45, 2.75) is 39.2 Å². The number of fused-ring (bicyclic) bond motifs is 2. The monoisotopic (exact) mass is 449 g/mol. The Balaban J connectivity index is 1.33. The summed E-state index contributed by atoms with van der Waals surface area (Å²) in [6.07, 6.45) is 2.23. The number of nitrogens with zero attached hydrogens (tertiary/aromatic N) is 5. The molecule has 0 N–H and O–H groups in total. The topological polar surface area (TPSA) is 71.9 Å². The van der Waals surface area contributed by atoms with Gasteiger partial charge in [-0.3, -0.25) is 9.69 Å². The summed E-state index contributed by atoms with van der Waals surface area (Å²) in [7, 11) is 0. The van der Waals surface area contributed by atoms with Crippen molar-refractivity contribution in [3.8, 4) is 10.7 Å². The third kappa shape index (κ3) is 4.28. The third-order valence-corrected chi connectivity index (χ3v) is 7.60. The van der Waals surface area contributed by atoms with Crippen LogP contribution < -0.4 is 0 Å². The van der Waals surface area contributed by atoms with Crippen molar-refractivity contribution < 1.29 is 4.79 Å². The number of carbonyl (C=O) groups is 1. The summed E-state index contributed by atoms with van der Waals surface area (Å²) in [4.78, 5) is 23.3. The number of ketones is 1.